The maximum absolute atomic E-state index is 6.00. The number of nitrogens with zero attached hydrogens (tertiary/aromatic N) is 1. The lowest BCUT2D eigenvalue weighted by Crippen LogP contribution is -2.41. The molecule has 80 valence electrons. The summed E-state index contributed by atoms with van der Waals surface area (Å²) in [5, 5.41) is 0. The van der Waals surface area contributed by atoms with Crippen LogP contribution in [-0.2, 0) is 4.74 Å². The molecule has 0 radical (unpaired) electrons. The molecule has 3 unspecified atom stereocenters. The average molecular weight is 211 g/mol. The Hall–Kier alpha value is -0.413. The van der Waals surface area contributed by atoms with E-state index in [2.05, 4.69) is 44.6 Å². The lowest BCUT2D eigenvalue weighted by molar-refractivity contribution is 0.0396. The average Bonchev–Trinajstić information content (AvgIpc) is 2.53. The zero-order valence-electron chi connectivity index (χ0n) is 9.82. The molecule has 1 heterocycles. The van der Waals surface area contributed by atoms with Gasteiger partial charge in [0.25, 0.3) is 0 Å². The zero-order chi connectivity index (χ0) is 10.8. The van der Waals surface area contributed by atoms with Crippen LogP contribution in [0, 0.1) is 0 Å². The van der Waals surface area contributed by atoms with Gasteiger partial charge in [-0.15, -0.1) is 0 Å². The second-order valence-corrected chi connectivity index (χ2v) is 10.6. The van der Waals surface area contributed by atoms with Gasteiger partial charge in [0.15, 0.2) is 0 Å². The van der Waals surface area contributed by atoms with Crippen LogP contribution in [0.2, 0.25) is 19.6 Å². The molecule has 0 aromatic rings. The summed E-state index contributed by atoms with van der Waals surface area (Å²) in [6.07, 6.45) is 6.14. The van der Waals surface area contributed by atoms with Gasteiger partial charge in [-0.25, -0.2) is 0 Å². The maximum Gasteiger partial charge on any atom is 0.0942 e. The maximum atomic E-state index is 6.00. The first-order chi connectivity index (χ1) is 6.41. The molecule has 0 spiro atoms. The van der Waals surface area contributed by atoms with Crippen molar-refractivity contribution in [3.05, 3.63) is 12.2 Å². The van der Waals surface area contributed by atoms with Crippen LogP contribution in [0.1, 0.15) is 13.8 Å². The Balaban J connectivity index is 2.44. The molecular formula is C11H21NOSi. The van der Waals surface area contributed by atoms with Gasteiger partial charge >= 0.3 is 0 Å². The normalized spacial score (nSPS) is 25.4. The first-order valence-electron chi connectivity index (χ1n) is 5.26. The summed E-state index contributed by atoms with van der Waals surface area (Å²) >= 11 is 0. The van der Waals surface area contributed by atoms with E-state index in [-0.39, 0.29) is 12.1 Å². The van der Waals surface area contributed by atoms with Gasteiger partial charge in [-0.3, -0.25) is 4.99 Å². The predicted molar refractivity (Wildman–Crippen MR) is 64.8 cm³/mol. The molecule has 2 nitrogen and oxygen atoms in total. The molecule has 0 fully saturated rings. The fraction of sp³-hybridized carbons (Fsp3) is 0.727. The summed E-state index contributed by atoms with van der Waals surface area (Å²) < 4.78 is 6.00. The summed E-state index contributed by atoms with van der Waals surface area (Å²) in [5.41, 5.74) is 0.390. The monoisotopic (exact) mass is 211 g/mol. The number of ether oxygens (including phenoxy) is 1. The molecule has 0 bridgehead atoms. The lowest BCUT2D eigenvalue weighted by Gasteiger charge is -2.29. The Morgan fingerprint density at radius 3 is 2.36 bits per heavy atom. The van der Waals surface area contributed by atoms with Crippen molar-refractivity contribution in [2.45, 2.75) is 51.4 Å². The van der Waals surface area contributed by atoms with Gasteiger partial charge in [0.2, 0.25) is 0 Å². The Morgan fingerprint density at radius 1 is 1.29 bits per heavy atom. The minimum atomic E-state index is -1.17. The van der Waals surface area contributed by atoms with Crippen LogP contribution in [0.15, 0.2) is 17.1 Å². The van der Waals surface area contributed by atoms with Crippen LogP contribution in [0.3, 0.4) is 0 Å². The number of hydrogen-bond acceptors (Lipinski definition) is 2. The molecule has 1 rings (SSSR count). The number of allylic oxidation sites excluding steroid dienone is 1. The van der Waals surface area contributed by atoms with E-state index in [1.165, 1.54) is 0 Å². The van der Waals surface area contributed by atoms with Crippen LogP contribution in [0.5, 0.6) is 0 Å². The molecule has 0 N–H and O–H groups in total. The number of hydrogen-bond donors (Lipinski definition) is 0. The molecule has 0 aliphatic carbocycles. The second kappa shape index (κ2) is 4.40. The second-order valence-electron chi connectivity index (χ2n) is 5.02. The van der Waals surface area contributed by atoms with Crippen molar-refractivity contribution in [1.82, 2.24) is 0 Å². The Bertz CT molecular complexity index is 230. The van der Waals surface area contributed by atoms with Gasteiger partial charge in [-0.1, -0.05) is 25.7 Å². The fourth-order valence-electron chi connectivity index (χ4n) is 1.25. The highest BCUT2D eigenvalue weighted by molar-refractivity contribution is 6.77. The van der Waals surface area contributed by atoms with E-state index in [9.17, 15) is 0 Å². The van der Waals surface area contributed by atoms with Crippen molar-refractivity contribution in [2.24, 2.45) is 4.99 Å². The van der Waals surface area contributed by atoms with E-state index < -0.39 is 8.07 Å². The fourth-order valence-corrected chi connectivity index (χ4v) is 1.87. The van der Waals surface area contributed by atoms with Crippen LogP contribution < -0.4 is 0 Å². The van der Waals surface area contributed by atoms with E-state index in [0.29, 0.717) is 5.73 Å². The largest absolute Gasteiger partial charge is 0.376 e. The molecule has 0 amide bonds. The molecule has 1 aliphatic heterocycles. The molecule has 3 heteroatoms. The van der Waals surface area contributed by atoms with Crippen LogP contribution >= 0.6 is 0 Å². The SMILES string of the molecule is CC(OC(C)[Si](C)(C)C)C1C=CC=N1. The van der Waals surface area contributed by atoms with Crippen molar-refractivity contribution in [1.29, 1.82) is 0 Å². The van der Waals surface area contributed by atoms with Crippen molar-refractivity contribution < 1.29 is 4.74 Å². The predicted octanol–water partition coefficient (Wildman–Crippen LogP) is 2.67. The van der Waals surface area contributed by atoms with Gasteiger partial charge in [-0.2, -0.15) is 0 Å². The molecule has 1 aliphatic rings. The standard InChI is InChI=1S/C11H21NOSi/c1-9(11-7-6-8-12-11)13-10(2)14(3,4)5/h6-11H,1-5H3. The van der Waals surface area contributed by atoms with Gasteiger partial charge < -0.3 is 4.74 Å². The van der Waals surface area contributed by atoms with Crippen LogP contribution in [-0.4, -0.2) is 32.2 Å². The van der Waals surface area contributed by atoms with E-state index in [0.717, 1.165) is 0 Å². The topological polar surface area (TPSA) is 21.6 Å². The van der Waals surface area contributed by atoms with E-state index >= 15 is 0 Å². The molecule has 0 aromatic heterocycles. The van der Waals surface area contributed by atoms with E-state index in [4.69, 9.17) is 4.74 Å². The lowest BCUT2D eigenvalue weighted by atomic mass is 10.2. The first kappa shape index (κ1) is 11.7. The zero-order valence-corrected chi connectivity index (χ0v) is 10.8. The van der Waals surface area contributed by atoms with Crippen molar-refractivity contribution in [3.63, 3.8) is 0 Å². The van der Waals surface area contributed by atoms with Gasteiger partial charge in [-0.05, 0) is 19.9 Å². The Labute approximate surface area is 88.1 Å². The smallest absolute Gasteiger partial charge is 0.0942 e. The molecule has 14 heavy (non-hydrogen) atoms. The van der Waals surface area contributed by atoms with Crippen molar-refractivity contribution >= 4 is 14.3 Å². The summed E-state index contributed by atoms with van der Waals surface area (Å²) in [5.74, 6) is 0. The molecule has 0 saturated heterocycles. The van der Waals surface area contributed by atoms with E-state index in [1.54, 1.807) is 0 Å². The molecule has 0 aromatic carbocycles. The van der Waals surface area contributed by atoms with Crippen molar-refractivity contribution in [3.8, 4) is 0 Å². The third-order valence-corrected chi connectivity index (χ3v) is 5.35. The highest BCUT2D eigenvalue weighted by Crippen LogP contribution is 2.17. The highest BCUT2D eigenvalue weighted by atomic mass is 28.3. The Kier molecular flexibility index (Phi) is 3.67. The molecular weight excluding hydrogens is 190 g/mol. The third kappa shape index (κ3) is 3.06. The minimum absolute atomic E-state index is 0.201. The quantitative estimate of drug-likeness (QED) is 0.655. The van der Waals surface area contributed by atoms with Crippen LogP contribution in [0.4, 0.5) is 0 Å². The first-order valence-corrected chi connectivity index (χ1v) is 8.84. The minimum Gasteiger partial charge on any atom is -0.376 e. The van der Waals surface area contributed by atoms with Crippen molar-refractivity contribution in [2.75, 3.05) is 0 Å². The summed E-state index contributed by atoms with van der Waals surface area (Å²) in [7, 11) is -1.17. The number of aliphatic imine (C=N–C) groups is 1. The van der Waals surface area contributed by atoms with E-state index in [1.807, 2.05) is 12.3 Å². The van der Waals surface area contributed by atoms with Crippen LogP contribution in [0.25, 0.3) is 0 Å². The van der Waals surface area contributed by atoms with Gasteiger partial charge in [0, 0.05) is 11.9 Å². The highest BCUT2D eigenvalue weighted by Gasteiger charge is 2.27. The Morgan fingerprint density at radius 2 is 1.93 bits per heavy atom. The van der Waals surface area contributed by atoms with Gasteiger partial charge in [0.1, 0.15) is 0 Å². The number of rotatable bonds is 4. The summed E-state index contributed by atoms with van der Waals surface area (Å²) in [6.45, 7) is 11.3. The van der Waals surface area contributed by atoms with Gasteiger partial charge in [0.05, 0.1) is 20.2 Å². The summed E-state index contributed by atoms with van der Waals surface area (Å²) in [6, 6.07) is 0.230. The molecule has 3 atom stereocenters. The molecule has 0 saturated carbocycles. The third-order valence-electron chi connectivity index (χ3n) is 2.77. The summed E-state index contributed by atoms with van der Waals surface area (Å²) in [4.78, 5) is 4.33.